The minimum Gasteiger partial charge on any atom is -0.462 e. The summed E-state index contributed by atoms with van der Waals surface area (Å²) in [5.74, 6) is -2.60. The number of carbonyl (C=O) groups is 4. The first-order valence-corrected chi connectivity index (χ1v) is 20.2. The van der Waals surface area contributed by atoms with E-state index in [1.807, 2.05) is 30.3 Å². The molecular weight excluding hydrogens is 747 g/mol. The Labute approximate surface area is 331 Å². The molecular formula is C43H43N5O8S. The number of anilines is 2. The van der Waals surface area contributed by atoms with Gasteiger partial charge in [-0.1, -0.05) is 43.2 Å². The number of ether oxygens (including phenoxy) is 2. The van der Waals surface area contributed by atoms with Gasteiger partial charge < -0.3 is 20.1 Å². The third-order valence-corrected chi connectivity index (χ3v) is 11.1. The first-order chi connectivity index (χ1) is 27.6. The monoisotopic (exact) mass is 789 g/mol. The first kappa shape index (κ1) is 40.3. The van der Waals surface area contributed by atoms with Gasteiger partial charge >= 0.3 is 11.9 Å². The lowest BCUT2D eigenvalue weighted by atomic mass is 10.0. The maximum atomic E-state index is 14.1. The zero-order valence-corrected chi connectivity index (χ0v) is 32.5. The van der Waals surface area contributed by atoms with E-state index >= 15 is 0 Å². The van der Waals surface area contributed by atoms with Crippen LogP contribution in [0.2, 0.25) is 0 Å². The summed E-state index contributed by atoms with van der Waals surface area (Å²) in [5.41, 5.74) is 2.67. The van der Waals surface area contributed by atoms with Crippen LogP contribution in [0.1, 0.15) is 65.8 Å². The molecule has 57 heavy (non-hydrogen) atoms. The largest absolute Gasteiger partial charge is 0.462 e. The van der Waals surface area contributed by atoms with Gasteiger partial charge in [-0.05, 0) is 106 Å². The number of amides is 2. The van der Waals surface area contributed by atoms with Gasteiger partial charge in [-0.2, -0.15) is 9.40 Å². The number of carbonyl (C=O) groups excluding carboxylic acids is 4. The predicted octanol–water partition coefficient (Wildman–Crippen LogP) is 7.12. The Morgan fingerprint density at radius 3 is 1.77 bits per heavy atom. The van der Waals surface area contributed by atoms with Crippen LogP contribution in [0.25, 0.3) is 23.0 Å². The van der Waals surface area contributed by atoms with Gasteiger partial charge in [-0.25, -0.2) is 22.7 Å². The van der Waals surface area contributed by atoms with Crippen molar-refractivity contribution < 1.29 is 37.1 Å². The summed E-state index contributed by atoms with van der Waals surface area (Å²) in [6.45, 7) is 4.68. The van der Waals surface area contributed by atoms with Gasteiger partial charge in [0.15, 0.2) is 0 Å². The van der Waals surface area contributed by atoms with E-state index in [1.54, 1.807) is 49.0 Å². The molecule has 1 aliphatic heterocycles. The van der Waals surface area contributed by atoms with Gasteiger partial charge in [0.1, 0.15) is 11.3 Å². The van der Waals surface area contributed by atoms with Crippen molar-refractivity contribution in [2.24, 2.45) is 0 Å². The van der Waals surface area contributed by atoms with Crippen LogP contribution in [0, 0.1) is 0 Å². The van der Waals surface area contributed by atoms with Crippen molar-refractivity contribution in [3.05, 3.63) is 132 Å². The lowest BCUT2D eigenvalue weighted by molar-refractivity contribution is -0.118. The number of hydrogen-bond donors (Lipinski definition) is 2. The van der Waals surface area contributed by atoms with E-state index < -0.39 is 33.8 Å². The number of rotatable bonds is 13. The Hall–Kier alpha value is -6.38. The second kappa shape index (κ2) is 18.5. The Kier molecular flexibility index (Phi) is 13.1. The normalized spacial score (nSPS) is 13.2. The fourth-order valence-electron chi connectivity index (χ4n) is 6.26. The molecule has 0 unspecified atom stereocenters. The van der Waals surface area contributed by atoms with Crippen LogP contribution in [-0.4, -0.2) is 72.6 Å². The molecule has 294 valence electrons. The summed E-state index contributed by atoms with van der Waals surface area (Å²) in [4.78, 5) is 52.7. The summed E-state index contributed by atoms with van der Waals surface area (Å²) in [7, 11) is -3.82. The molecule has 13 nitrogen and oxygen atoms in total. The second-order valence-corrected chi connectivity index (χ2v) is 15.1. The van der Waals surface area contributed by atoms with Crippen LogP contribution >= 0.6 is 0 Å². The molecule has 0 radical (unpaired) electrons. The molecule has 0 bridgehead atoms. The molecule has 5 aromatic rings. The van der Waals surface area contributed by atoms with E-state index in [9.17, 15) is 27.6 Å². The van der Waals surface area contributed by atoms with Crippen LogP contribution in [0.5, 0.6) is 0 Å². The summed E-state index contributed by atoms with van der Waals surface area (Å²) in [6.07, 6.45) is 6.56. The molecule has 0 spiro atoms. The number of hydrogen-bond acceptors (Lipinski definition) is 9. The van der Waals surface area contributed by atoms with E-state index in [4.69, 9.17) is 14.6 Å². The SMILES string of the molecule is CCOC(=O)c1ccc(NC(=O)C(=Cc2cn(-c3ccccc3)nc2-c2cccc(S(=O)(=O)N3CCCCCC3)c2)C(=O)Nc2ccc(C(=O)OCC)cc2)cc1. The van der Waals surface area contributed by atoms with Crippen LogP contribution in [0.3, 0.4) is 0 Å². The van der Waals surface area contributed by atoms with Crippen molar-refractivity contribution in [2.45, 2.75) is 44.4 Å². The minimum atomic E-state index is -3.82. The van der Waals surface area contributed by atoms with Gasteiger partial charge in [0.25, 0.3) is 11.8 Å². The Balaban J connectivity index is 1.42. The van der Waals surface area contributed by atoms with Crippen molar-refractivity contribution in [3.63, 3.8) is 0 Å². The number of sulfonamides is 1. The standard InChI is InChI=1S/C43H43N5O8S/c1-3-55-42(51)30-17-21-34(22-18-30)44-40(49)38(41(50)45-35-23-19-31(20-24-35)43(52)56-4-2)28-33-29-48(36-14-8-7-9-15-36)46-39(33)32-13-12-16-37(27-32)57(53,54)47-25-10-5-6-11-26-47/h7-9,12-24,27-29H,3-6,10-11,25-26H2,1-2H3,(H,44,49)(H,45,50). The Morgan fingerprint density at radius 2 is 1.25 bits per heavy atom. The highest BCUT2D eigenvalue weighted by atomic mass is 32.2. The molecule has 6 rings (SSSR count). The zero-order valence-electron chi connectivity index (χ0n) is 31.6. The number of para-hydroxylation sites is 1. The number of nitrogens with one attached hydrogen (secondary N) is 2. The fourth-order valence-corrected chi connectivity index (χ4v) is 7.82. The van der Waals surface area contributed by atoms with Crippen LogP contribution < -0.4 is 10.6 Å². The van der Waals surface area contributed by atoms with Crippen molar-refractivity contribution >= 4 is 51.2 Å². The molecule has 14 heteroatoms. The van der Waals surface area contributed by atoms with Crippen molar-refractivity contribution in [3.8, 4) is 16.9 Å². The third-order valence-electron chi connectivity index (χ3n) is 9.17. The number of benzene rings is 4. The lowest BCUT2D eigenvalue weighted by Crippen LogP contribution is -2.31. The van der Waals surface area contributed by atoms with Crippen molar-refractivity contribution in [1.29, 1.82) is 0 Å². The van der Waals surface area contributed by atoms with Gasteiger partial charge in [-0.15, -0.1) is 0 Å². The molecule has 2 heterocycles. The molecule has 2 N–H and O–H groups in total. The molecule has 1 fully saturated rings. The molecule has 2 amide bonds. The van der Waals surface area contributed by atoms with Gasteiger partial charge in [0.05, 0.1) is 34.9 Å². The molecule has 0 saturated carbocycles. The molecule has 4 aromatic carbocycles. The highest BCUT2D eigenvalue weighted by Crippen LogP contribution is 2.30. The fraction of sp³-hybridized carbons (Fsp3) is 0.233. The summed E-state index contributed by atoms with van der Waals surface area (Å²) in [6, 6.07) is 27.8. The highest BCUT2D eigenvalue weighted by Gasteiger charge is 2.27. The number of nitrogens with zero attached hydrogens (tertiary/aromatic N) is 3. The highest BCUT2D eigenvalue weighted by molar-refractivity contribution is 7.89. The first-order valence-electron chi connectivity index (χ1n) is 18.7. The molecule has 1 aromatic heterocycles. The van der Waals surface area contributed by atoms with Crippen LogP contribution in [0.4, 0.5) is 11.4 Å². The van der Waals surface area contributed by atoms with E-state index in [0.29, 0.717) is 47.0 Å². The van der Waals surface area contributed by atoms with Gasteiger partial charge in [-0.3, -0.25) is 9.59 Å². The molecule has 0 atom stereocenters. The summed E-state index contributed by atoms with van der Waals surface area (Å²) < 4.78 is 40.9. The maximum absolute atomic E-state index is 14.1. The van der Waals surface area contributed by atoms with Gasteiger partial charge in [0, 0.05) is 41.8 Å². The second-order valence-electron chi connectivity index (χ2n) is 13.1. The lowest BCUT2D eigenvalue weighted by Gasteiger charge is -2.20. The quantitative estimate of drug-likeness (QED) is 0.0547. The van der Waals surface area contributed by atoms with Crippen molar-refractivity contribution in [2.75, 3.05) is 36.9 Å². The average molecular weight is 790 g/mol. The van der Waals surface area contributed by atoms with E-state index in [1.165, 1.54) is 58.9 Å². The maximum Gasteiger partial charge on any atom is 0.338 e. The van der Waals surface area contributed by atoms with Crippen molar-refractivity contribution in [1.82, 2.24) is 14.1 Å². The predicted molar refractivity (Wildman–Crippen MR) is 216 cm³/mol. The number of esters is 2. The summed E-state index contributed by atoms with van der Waals surface area (Å²) >= 11 is 0. The Morgan fingerprint density at radius 1 is 0.702 bits per heavy atom. The van der Waals surface area contributed by atoms with E-state index in [0.717, 1.165) is 25.7 Å². The topological polar surface area (TPSA) is 166 Å². The molecule has 0 aliphatic carbocycles. The third kappa shape index (κ3) is 9.90. The van der Waals surface area contributed by atoms with E-state index in [-0.39, 0.29) is 34.8 Å². The smallest absolute Gasteiger partial charge is 0.338 e. The van der Waals surface area contributed by atoms with Crippen LogP contribution in [-0.2, 0) is 29.1 Å². The van der Waals surface area contributed by atoms with Gasteiger partial charge in [0.2, 0.25) is 10.0 Å². The minimum absolute atomic E-state index is 0.110. The summed E-state index contributed by atoms with van der Waals surface area (Å²) in [5, 5.41) is 10.3. The molecule has 1 aliphatic rings. The van der Waals surface area contributed by atoms with Crippen LogP contribution in [0.15, 0.2) is 120 Å². The number of aromatic nitrogens is 2. The molecule has 1 saturated heterocycles. The zero-order chi connectivity index (χ0) is 40.4. The Bertz CT molecular complexity index is 2290. The average Bonchev–Trinajstić information content (AvgIpc) is 3.44. The van der Waals surface area contributed by atoms with E-state index in [2.05, 4.69) is 10.6 Å².